The summed E-state index contributed by atoms with van der Waals surface area (Å²) in [5, 5.41) is 9.60. The van der Waals surface area contributed by atoms with Crippen LogP contribution >= 0.6 is 11.8 Å². The zero-order valence-electron chi connectivity index (χ0n) is 11.8. The molecule has 2 aromatic heterocycles. The van der Waals surface area contributed by atoms with Gasteiger partial charge in [-0.2, -0.15) is 0 Å². The van der Waals surface area contributed by atoms with Crippen molar-refractivity contribution in [3.05, 3.63) is 37.2 Å². The molecule has 0 N–H and O–H groups in total. The maximum absolute atomic E-state index is 4.32. The van der Waals surface area contributed by atoms with E-state index < -0.39 is 0 Å². The molecule has 106 valence electrons. The van der Waals surface area contributed by atoms with Crippen molar-refractivity contribution in [2.24, 2.45) is 0 Å². The molecule has 0 aromatic carbocycles. The van der Waals surface area contributed by atoms with E-state index in [1.54, 1.807) is 24.2 Å². The van der Waals surface area contributed by atoms with Crippen molar-refractivity contribution in [3.63, 3.8) is 0 Å². The fourth-order valence-electron chi connectivity index (χ4n) is 1.92. The largest absolute Gasteiger partial charge is 0.298 e. The summed E-state index contributed by atoms with van der Waals surface area (Å²) in [4.78, 5) is 4.04. The molecule has 0 saturated carbocycles. The van der Waals surface area contributed by atoms with Crippen molar-refractivity contribution < 1.29 is 0 Å². The summed E-state index contributed by atoms with van der Waals surface area (Å²) >= 11 is 1.77. The third-order valence-electron chi connectivity index (χ3n) is 2.95. The molecule has 0 atom stereocenters. The number of thioether (sulfide) groups is 1. The van der Waals surface area contributed by atoms with Crippen LogP contribution in [0.25, 0.3) is 11.4 Å². The van der Waals surface area contributed by atoms with Crippen molar-refractivity contribution in [2.45, 2.75) is 37.9 Å². The highest BCUT2D eigenvalue weighted by molar-refractivity contribution is 7.99. The molecule has 0 unspecified atom stereocenters. The third kappa shape index (κ3) is 3.70. The van der Waals surface area contributed by atoms with Crippen molar-refractivity contribution in [1.29, 1.82) is 0 Å². The molecule has 0 saturated heterocycles. The summed E-state index contributed by atoms with van der Waals surface area (Å²) in [6.07, 6.45) is 9.14. The molecule has 4 nitrogen and oxygen atoms in total. The second kappa shape index (κ2) is 7.85. The molecule has 0 bridgehead atoms. The quantitative estimate of drug-likeness (QED) is 0.421. The second-order valence-corrected chi connectivity index (χ2v) is 5.56. The van der Waals surface area contributed by atoms with Crippen molar-refractivity contribution in [2.75, 3.05) is 5.75 Å². The first-order valence-corrected chi connectivity index (χ1v) is 7.92. The molecule has 2 heterocycles. The molecule has 0 aliphatic rings. The number of nitrogens with zero attached hydrogens (tertiary/aromatic N) is 4. The second-order valence-electron chi connectivity index (χ2n) is 4.50. The van der Waals surface area contributed by atoms with Gasteiger partial charge >= 0.3 is 0 Å². The molecule has 0 aliphatic heterocycles. The van der Waals surface area contributed by atoms with Gasteiger partial charge in [0.2, 0.25) is 0 Å². The van der Waals surface area contributed by atoms with Crippen LogP contribution in [0.5, 0.6) is 0 Å². The first-order chi connectivity index (χ1) is 9.86. The molecule has 2 rings (SSSR count). The van der Waals surface area contributed by atoms with Gasteiger partial charge in [-0.25, -0.2) is 0 Å². The summed E-state index contributed by atoms with van der Waals surface area (Å²) in [6, 6.07) is 3.91. The number of aromatic nitrogens is 4. The molecule has 0 aliphatic carbocycles. The van der Waals surface area contributed by atoms with Crippen LogP contribution in [0.2, 0.25) is 0 Å². The summed E-state index contributed by atoms with van der Waals surface area (Å²) < 4.78 is 2.11. The minimum absolute atomic E-state index is 0.723. The lowest BCUT2D eigenvalue weighted by molar-refractivity contribution is 0.727. The van der Waals surface area contributed by atoms with Gasteiger partial charge in [-0.3, -0.25) is 9.55 Å². The molecule has 5 heteroatoms. The molecule has 2 aromatic rings. The van der Waals surface area contributed by atoms with Crippen molar-refractivity contribution >= 4 is 11.8 Å². The zero-order chi connectivity index (χ0) is 14.2. The minimum Gasteiger partial charge on any atom is -0.298 e. The SMILES string of the molecule is C=CCn1c(SCCCCC)nnc1-c1ccncc1. The molecule has 0 fully saturated rings. The summed E-state index contributed by atoms with van der Waals surface area (Å²) in [7, 11) is 0. The number of unbranched alkanes of at least 4 members (excludes halogenated alkanes) is 2. The Balaban J connectivity index is 2.17. The maximum Gasteiger partial charge on any atom is 0.191 e. The lowest BCUT2D eigenvalue weighted by Crippen LogP contribution is -2.01. The fourth-order valence-corrected chi connectivity index (χ4v) is 2.87. The van der Waals surface area contributed by atoms with Gasteiger partial charge in [0.05, 0.1) is 0 Å². The first-order valence-electron chi connectivity index (χ1n) is 6.94. The van der Waals surface area contributed by atoms with Crippen LogP contribution < -0.4 is 0 Å². The monoisotopic (exact) mass is 288 g/mol. The van der Waals surface area contributed by atoms with E-state index in [0.29, 0.717) is 0 Å². The summed E-state index contributed by atoms with van der Waals surface area (Å²) in [5.41, 5.74) is 1.04. The highest BCUT2D eigenvalue weighted by atomic mass is 32.2. The smallest absolute Gasteiger partial charge is 0.191 e. The molecular weight excluding hydrogens is 268 g/mol. The Labute approximate surface area is 124 Å². The summed E-state index contributed by atoms with van der Waals surface area (Å²) in [5.74, 6) is 1.96. The number of hydrogen-bond donors (Lipinski definition) is 0. The molecule has 0 amide bonds. The van der Waals surface area contributed by atoms with Crippen LogP contribution in [0, 0.1) is 0 Å². The maximum atomic E-state index is 4.32. The normalized spacial score (nSPS) is 10.7. The standard InChI is InChI=1S/C15H20N4S/c1-3-5-6-12-20-15-18-17-14(19(15)11-4-2)13-7-9-16-10-8-13/h4,7-10H,2-3,5-6,11-12H2,1H3. The predicted octanol–water partition coefficient (Wildman–Crippen LogP) is 3.81. The van der Waals surface area contributed by atoms with E-state index in [2.05, 4.69) is 33.3 Å². The minimum atomic E-state index is 0.723. The van der Waals surface area contributed by atoms with E-state index in [1.165, 1.54) is 19.3 Å². The van der Waals surface area contributed by atoms with E-state index in [-0.39, 0.29) is 0 Å². The first kappa shape index (κ1) is 14.8. The molecule has 20 heavy (non-hydrogen) atoms. The summed E-state index contributed by atoms with van der Waals surface area (Å²) in [6.45, 7) is 6.76. The topological polar surface area (TPSA) is 43.6 Å². The third-order valence-corrected chi connectivity index (χ3v) is 4.00. The Morgan fingerprint density at radius 1 is 1.25 bits per heavy atom. The Morgan fingerprint density at radius 2 is 2.05 bits per heavy atom. The predicted molar refractivity (Wildman–Crippen MR) is 83.7 cm³/mol. The van der Waals surface area contributed by atoms with Gasteiger partial charge in [0.15, 0.2) is 11.0 Å². The number of pyridine rings is 1. The fraction of sp³-hybridized carbons (Fsp3) is 0.400. The van der Waals surface area contributed by atoms with Crippen LogP contribution in [0.4, 0.5) is 0 Å². The van der Waals surface area contributed by atoms with E-state index in [1.807, 2.05) is 18.2 Å². The van der Waals surface area contributed by atoms with Crippen LogP contribution in [0.1, 0.15) is 26.2 Å². The van der Waals surface area contributed by atoms with Crippen LogP contribution in [-0.2, 0) is 6.54 Å². The average Bonchev–Trinajstić information content (AvgIpc) is 2.88. The van der Waals surface area contributed by atoms with E-state index >= 15 is 0 Å². The van der Waals surface area contributed by atoms with Gasteiger partial charge < -0.3 is 0 Å². The van der Waals surface area contributed by atoms with E-state index in [9.17, 15) is 0 Å². The van der Waals surface area contributed by atoms with Gasteiger partial charge in [0.25, 0.3) is 0 Å². The van der Waals surface area contributed by atoms with Crippen LogP contribution in [0.15, 0.2) is 42.3 Å². The lowest BCUT2D eigenvalue weighted by Gasteiger charge is -2.07. The van der Waals surface area contributed by atoms with E-state index in [0.717, 1.165) is 28.8 Å². The van der Waals surface area contributed by atoms with Gasteiger partial charge in [-0.15, -0.1) is 16.8 Å². The van der Waals surface area contributed by atoms with Crippen molar-refractivity contribution in [3.8, 4) is 11.4 Å². The van der Waals surface area contributed by atoms with Gasteiger partial charge in [-0.1, -0.05) is 37.6 Å². The Hall–Kier alpha value is -1.62. The zero-order valence-corrected chi connectivity index (χ0v) is 12.6. The van der Waals surface area contributed by atoms with Gasteiger partial charge in [0.1, 0.15) is 0 Å². The Morgan fingerprint density at radius 3 is 2.75 bits per heavy atom. The average molecular weight is 288 g/mol. The highest BCUT2D eigenvalue weighted by Gasteiger charge is 2.12. The lowest BCUT2D eigenvalue weighted by atomic mass is 10.2. The Kier molecular flexibility index (Phi) is 5.80. The number of hydrogen-bond acceptors (Lipinski definition) is 4. The van der Waals surface area contributed by atoms with E-state index in [4.69, 9.17) is 0 Å². The number of allylic oxidation sites excluding steroid dienone is 1. The number of rotatable bonds is 8. The Bertz CT molecular complexity index is 536. The van der Waals surface area contributed by atoms with Crippen molar-refractivity contribution in [1.82, 2.24) is 19.7 Å². The van der Waals surface area contributed by atoms with Gasteiger partial charge in [0, 0.05) is 30.3 Å². The molecule has 0 radical (unpaired) electrons. The van der Waals surface area contributed by atoms with Crippen LogP contribution in [-0.4, -0.2) is 25.5 Å². The molecule has 0 spiro atoms. The van der Waals surface area contributed by atoms with Gasteiger partial charge in [-0.05, 0) is 18.6 Å². The highest BCUT2D eigenvalue weighted by Crippen LogP contribution is 2.24. The molecular formula is C15H20N4S. The van der Waals surface area contributed by atoms with Crippen LogP contribution in [0.3, 0.4) is 0 Å².